The zero-order valence-electron chi connectivity index (χ0n) is 24.5. The van der Waals surface area contributed by atoms with E-state index in [0.717, 1.165) is 0 Å². The van der Waals surface area contributed by atoms with E-state index >= 15 is 0 Å². The second-order valence-electron chi connectivity index (χ2n) is 11.4. The Hall–Kier alpha value is -3.65. The maximum absolute atomic E-state index is 13.3. The molecule has 1 aromatic rings. The summed E-state index contributed by atoms with van der Waals surface area (Å²) in [6.07, 6.45) is 1.02. The fourth-order valence-electron chi connectivity index (χ4n) is 6.36. The highest BCUT2D eigenvalue weighted by Gasteiger charge is 2.60. The molecule has 1 aromatic heterocycles. The third kappa shape index (κ3) is 6.41. The molecule has 4 aliphatic rings. The van der Waals surface area contributed by atoms with Crippen molar-refractivity contribution in [3.8, 4) is 0 Å². The Bertz CT molecular complexity index is 1320. The average molecular weight is 635 g/mol. The predicted molar refractivity (Wildman–Crippen MR) is 154 cm³/mol. The number of aliphatic carboxylic acids is 1. The van der Waals surface area contributed by atoms with Crippen LogP contribution in [0.3, 0.4) is 0 Å². The number of fused-ring (bicyclic) bond motifs is 1. The number of rotatable bonds is 11. The maximum Gasteiger partial charge on any atom is 0.353 e. The van der Waals surface area contributed by atoms with Gasteiger partial charge in [0.1, 0.15) is 24.9 Å². The van der Waals surface area contributed by atoms with E-state index in [-0.39, 0.29) is 53.6 Å². The molecule has 0 aromatic carbocycles. The standard InChI is InChI=1S/C25H38N12O6S/c1-12-19-18(13(2)31-16(38)10-36-11-30-32-33-36)23(41)37(19)20(24(42)43)21(12)44-14-7-15(28-8-14)22(40)35-5-3-34(4-6-35)17(39)9-29-25(26)27/h11-15,18-19,25,28-29H,3-10,26-27H2,1-2H3,(H,31,38)(H,42,43)/t12-,13-,14?,15?,18-,19-/m1/s1. The topological polar surface area (TPSA) is 247 Å². The molecule has 0 spiro atoms. The van der Waals surface area contributed by atoms with Gasteiger partial charge in [-0.05, 0) is 23.8 Å². The first kappa shape index (κ1) is 31.8. The summed E-state index contributed by atoms with van der Waals surface area (Å²) in [6, 6.07) is -1.37. The highest BCUT2D eigenvalue weighted by Crippen LogP contribution is 2.51. The number of carbonyl (C=O) groups excluding carboxylic acids is 4. The molecular weight excluding hydrogens is 596 g/mol. The summed E-state index contributed by atoms with van der Waals surface area (Å²) in [5.74, 6) is -2.93. The predicted octanol–water partition coefficient (Wildman–Crippen LogP) is -4.12. The first-order valence-electron chi connectivity index (χ1n) is 14.5. The molecule has 3 saturated heterocycles. The fraction of sp³-hybridized carbons (Fsp3) is 0.680. The largest absolute Gasteiger partial charge is 0.477 e. The smallest absolute Gasteiger partial charge is 0.353 e. The van der Waals surface area contributed by atoms with E-state index < -0.39 is 36.3 Å². The van der Waals surface area contributed by atoms with E-state index in [1.807, 2.05) is 6.92 Å². The molecule has 5 heterocycles. The van der Waals surface area contributed by atoms with E-state index in [2.05, 4.69) is 31.5 Å². The van der Waals surface area contributed by atoms with Gasteiger partial charge in [-0.2, -0.15) is 0 Å². The van der Waals surface area contributed by atoms with Gasteiger partial charge in [-0.3, -0.25) is 24.5 Å². The number of carbonyl (C=O) groups is 5. The minimum absolute atomic E-state index is 0.0263. The molecule has 0 bridgehead atoms. The molecule has 0 aliphatic carbocycles. The number of carboxylic acid groups (broad SMARTS) is 1. The van der Waals surface area contributed by atoms with E-state index in [1.54, 1.807) is 16.7 Å². The van der Waals surface area contributed by atoms with Crippen molar-refractivity contribution in [2.24, 2.45) is 23.3 Å². The normalized spacial score (nSPS) is 27.4. The molecule has 3 fully saturated rings. The number of piperazine rings is 1. The van der Waals surface area contributed by atoms with Crippen LogP contribution in [0.25, 0.3) is 0 Å². The van der Waals surface area contributed by atoms with Crippen molar-refractivity contribution in [2.45, 2.75) is 56.5 Å². The van der Waals surface area contributed by atoms with Gasteiger partial charge >= 0.3 is 5.97 Å². The zero-order valence-corrected chi connectivity index (χ0v) is 25.3. The van der Waals surface area contributed by atoms with Gasteiger partial charge in [-0.15, -0.1) is 16.9 Å². The molecule has 4 amide bonds. The third-order valence-electron chi connectivity index (χ3n) is 8.53. The van der Waals surface area contributed by atoms with Crippen molar-refractivity contribution in [2.75, 3.05) is 39.3 Å². The lowest BCUT2D eigenvalue weighted by molar-refractivity contribution is -0.158. The Morgan fingerprint density at radius 1 is 1.18 bits per heavy atom. The number of carboxylic acids is 1. The van der Waals surface area contributed by atoms with Crippen molar-refractivity contribution in [1.82, 2.24) is 50.9 Å². The summed E-state index contributed by atoms with van der Waals surface area (Å²) >= 11 is 1.40. The van der Waals surface area contributed by atoms with Gasteiger partial charge in [0.25, 0.3) is 0 Å². The molecule has 5 rings (SSSR count). The summed E-state index contributed by atoms with van der Waals surface area (Å²) in [4.78, 5) is 69.0. The molecule has 19 heteroatoms. The second kappa shape index (κ2) is 13.1. The lowest BCUT2D eigenvalue weighted by Gasteiger charge is -2.47. The molecule has 0 saturated carbocycles. The number of hydrogen-bond acceptors (Lipinski definition) is 13. The van der Waals surface area contributed by atoms with Crippen molar-refractivity contribution >= 4 is 41.4 Å². The Balaban J connectivity index is 1.15. The van der Waals surface area contributed by atoms with E-state index in [0.29, 0.717) is 44.0 Å². The monoisotopic (exact) mass is 634 g/mol. The van der Waals surface area contributed by atoms with Crippen LogP contribution < -0.4 is 27.4 Å². The summed E-state index contributed by atoms with van der Waals surface area (Å²) in [7, 11) is 0. The van der Waals surface area contributed by atoms with Gasteiger partial charge < -0.3 is 41.9 Å². The van der Waals surface area contributed by atoms with Gasteiger partial charge in [-0.25, -0.2) is 9.48 Å². The molecule has 0 radical (unpaired) electrons. The fourth-order valence-corrected chi connectivity index (χ4v) is 7.84. The van der Waals surface area contributed by atoms with Crippen molar-refractivity contribution in [3.63, 3.8) is 0 Å². The van der Waals surface area contributed by atoms with Gasteiger partial charge in [-0.1, -0.05) is 6.92 Å². The molecule has 4 aliphatic heterocycles. The number of hydrogen-bond donors (Lipinski definition) is 6. The summed E-state index contributed by atoms with van der Waals surface area (Å²) in [5.41, 5.74) is 10.8. The quantitative estimate of drug-likeness (QED) is 0.100. The highest BCUT2D eigenvalue weighted by atomic mass is 32.2. The van der Waals surface area contributed by atoms with Gasteiger partial charge in [0, 0.05) is 54.8 Å². The van der Waals surface area contributed by atoms with Crippen LogP contribution >= 0.6 is 11.8 Å². The number of nitrogens with zero attached hydrogens (tertiary/aromatic N) is 7. The van der Waals surface area contributed by atoms with Crippen LogP contribution in [0, 0.1) is 11.8 Å². The van der Waals surface area contributed by atoms with Crippen LogP contribution in [0.1, 0.15) is 20.3 Å². The Morgan fingerprint density at radius 2 is 1.89 bits per heavy atom. The number of β-lactam (4-membered cyclic amide) rings is 1. The minimum Gasteiger partial charge on any atom is -0.477 e. The number of thioether (sulfide) groups is 1. The lowest BCUT2D eigenvalue weighted by Crippen LogP contribution is -2.66. The van der Waals surface area contributed by atoms with Crippen LogP contribution in [0.4, 0.5) is 0 Å². The number of tetrazole rings is 1. The lowest BCUT2D eigenvalue weighted by atomic mass is 9.78. The Kier molecular flexibility index (Phi) is 9.49. The molecule has 44 heavy (non-hydrogen) atoms. The molecule has 6 atom stereocenters. The minimum atomic E-state index is -1.18. The van der Waals surface area contributed by atoms with Crippen LogP contribution in [0.15, 0.2) is 16.9 Å². The zero-order chi connectivity index (χ0) is 31.7. The first-order chi connectivity index (χ1) is 21.0. The van der Waals surface area contributed by atoms with Crippen LogP contribution in [-0.2, 0) is 30.5 Å². The van der Waals surface area contributed by atoms with E-state index in [9.17, 15) is 29.1 Å². The molecule has 8 N–H and O–H groups in total. The Morgan fingerprint density at radius 3 is 2.52 bits per heavy atom. The number of amides is 4. The van der Waals surface area contributed by atoms with Crippen LogP contribution in [0.2, 0.25) is 0 Å². The number of nitrogens with two attached hydrogens (primary N) is 2. The van der Waals surface area contributed by atoms with E-state index in [1.165, 1.54) is 27.7 Å². The molecular formula is C25H38N12O6S. The second-order valence-corrected chi connectivity index (χ2v) is 12.8. The highest BCUT2D eigenvalue weighted by molar-refractivity contribution is 8.03. The van der Waals surface area contributed by atoms with Crippen molar-refractivity contribution in [3.05, 3.63) is 16.9 Å². The molecule has 240 valence electrons. The Labute approximate surface area is 257 Å². The molecule has 18 nitrogen and oxygen atoms in total. The van der Waals surface area contributed by atoms with Crippen molar-refractivity contribution < 1.29 is 29.1 Å². The third-order valence-corrected chi connectivity index (χ3v) is 10.0. The number of aromatic nitrogens is 4. The maximum atomic E-state index is 13.3. The van der Waals surface area contributed by atoms with Gasteiger partial charge in [0.2, 0.25) is 23.6 Å². The summed E-state index contributed by atoms with van der Waals surface area (Å²) in [5, 5.41) is 29.4. The summed E-state index contributed by atoms with van der Waals surface area (Å²) in [6.45, 7) is 5.68. The number of nitrogens with one attached hydrogen (secondary N) is 3. The van der Waals surface area contributed by atoms with E-state index in [4.69, 9.17) is 11.5 Å². The van der Waals surface area contributed by atoms with Crippen molar-refractivity contribution in [1.29, 1.82) is 0 Å². The first-order valence-corrected chi connectivity index (χ1v) is 15.4. The average Bonchev–Trinajstić information content (AvgIpc) is 3.71. The van der Waals surface area contributed by atoms with Crippen LogP contribution in [0.5, 0.6) is 0 Å². The van der Waals surface area contributed by atoms with Crippen LogP contribution in [-0.4, -0.2) is 139 Å². The van der Waals surface area contributed by atoms with Gasteiger partial charge in [0.15, 0.2) is 0 Å². The summed E-state index contributed by atoms with van der Waals surface area (Å²) < 4.78 is 1.27. The van der Waals surface area contributed by atoms with Gasteiger partial charge in [0.05, 0.1) is 24.5 Å². The molecule has 2 unspecified atom stereocenters. The SMILES string of the molecule is C[C@@H](NC(=O)Cn1cnnn1)[C@H]1C(=O)N2C(C(=O)O)=C(SC3CNC(C(=O)N4CCN(C(=O)CNC(N)N)CC4)C3)[C@H](C)[C@H]12.